The molecule has 5 nitrogen and oxygen atoms in total. The highest BCUT2D eigenvalue weighted by Gasteiger charge is 2.24. The maximum atomic E-state index is 12.6. The van der Waals surface area contributed by atoms with Gasteiger partial charge in [-0.15, -0.1) is 0 Å². The van der Waals surface area contributed by atoms with E-state index in [2.05, 4.69) is 17.9 Å². The first-order valence-corrected chi connectivity index (χ1v) is 10.7. The van der Waals surface area contributed by atoms with Gasteiger partial charge in [0, 0.05) is 17.3 Å². The highest BCUT2D eigenvalue weighted by Crippen LogP contribution is 2.18. The number of rotatable bonds is 11. The van der Waals surface area contributed by atoms with Gasteiger partial charge in [0.1, 0.15) is 11.8 Å². The van der Waals surface area contributed by atoms with E-state index < -0.39 is 12.0 Å². The van der Waals surface area contributed by atoms with Gasteiger partial charge in [0.05, 0.1) is 13.0 Å². The molecule has 0 aliphatic heterocycles. The van der Waals surface area contributed by atoms with Crippen LogP contribution in [-0.2, 0) is 21.8 Å². The Bertz CT molecular complexity index is 753. The smallest absolute Gasteiger partial charge is 0.327 e. The zero-order valence-electron chi connectivity index (χ0n) is 15.7. The van der Waals surface area contributed by atoms with Gasteiger partial charge in [-0.05, 0) is 29.7 Å². The number of carboxylic acid groups (broad SMARTS) is 1. The fourth-order valence-electron chi connectivity index (χ4n) is 2.62. The lowest BCUT2D eigenvalue weighted by Gasteiger charge is -2.19. The van der Waals surface area contributed by atoms with Crippen molar-refractivity contribution in [3.63, 3.8) is 0 Å². The summed E-state index contributed by atoms with van der Waals surface area (Å²) in [6.07, 6.45) is 0.529. The molecule has 28 heavy (non-hydrogen) atoms. The lowest BCUT2D eigenvalue weighted by molar-refractivity contribution is -0.141. The lowest BCUT2D eigenvalue weighted by Crippen LogP contribution is -2.46. The predicted molar refractivity (Wildman–Crippen MR) is 116 cm³/mol. The second-order valence-electron chi connectivity index (χ2n) is 6.33. The van der Waals surface area contributed by atoms with Gasteiger partial charge in [0.25, 0.3) is 0 Å². The molecule has 2 N–H and O–H groups in total. The minimum absolute atomic E-state index is 0.281. The molecule has 0 bridgehead atoms. The summed E-state index contributed by atoms with van der Waals surface area (Å²) in [6, 6.07) is 16.3. The minimum Gasteiger partial charge on any atom is -0.497 e. The first-order chi connectivity index (χ1) is 13.5. The zero-order valence-corrected chi connectivity index (χ0v) is 17.4. The van der Waals surface area contributed by atoms with E-state index in [4.69, 9.17) is 4.74 Å². The number of carbonyl (C=O) groups excluding carboxylic acids is 1. The summed E-state index contributed by atoms with van der Waals surface area (Å²) in [7, 11) is 1.61. The molecule has 0 fully saturated rings. The minimum atomic E-state index is -1.03. The number of thiol groups is 1. The van der Waals surface area contributed by atoms with E-state index in [-0.39, 0.29) is 17.6 Å². The van der Waals surface area contributed by atoms with Gasteiger partial charge in [-0.3, -0.25) is 4.79 Å². The van der Waals surface area contributed by atoms with E-state index >= 15 is 0 Å². The number of ether oxygens (including phenoxy) is 1. The highest BCUT2D eigenvalue weighted by molar-refractivity contribution is 7.98. The molecular formula is C21H25NO4S2. The van der Waals surface area contributed by atoms with Crippen molar-refractivity contribution >= 4 is 36.3 Å². The molecule has 150 valence electrons. The summed E-state index contributed by atoms with van der Waals surface area (Å²) in [5.74, 6) is 0.386. The normalized spacial score (nSPS) is 12.8. The number of thioether (sulfide) groups is 1. The first kappa shape index (κ1) is 22.2. The number of methoxy groups -OCH3 is 1. The van der Waals surface area contributed by atoms with Crippen LogP contribution >= 0.6 is 24.4 Å². The van der Waals surface area contributed by atoms with Crippen LogP contribution in [0.4, 0.5) is 0 Å². The number of hydrogen-bond donors (Lipinski definition) is 3. The topological polar surface area (TPSA) is 75.6 Å². The maximum Gasteiger partial charge on any atom is 0.327 e. The number of nitrogens with one attached hydrogen (secondary N) is 1. The van der Waals surface area contributed by atoms with Gasteiger partial charge in [0.15, 0.2) is 0 Å². The number of aliphatic carboxylic acids is 1. The van der Waals surface area contributed by atoms with Crippen LogP contribution in [0.25, 0.3) is 0 Å². The molecule has 2 aromatic carbocycles. The molecule has 1 unspecified atom stereocenters. The Morgan fingerprint density at radius 3 is 2.36 bits per heavy atom. The molecule has 2 rings (SSSR count). The maximum absolute atomic E-state index is 12.6. The lowest BCUT2D eigenvalue weighted by atomic mass is 10.00. The number of amides is 1. The average Bonchev–Trinajstić information content (AvgIpc) is 2.72. The summed E-state index contributed by atoms with van der Waals surface area (Å²) in [5, 5.41) is 12.1. The molecule has 0 spiro atoms. The predicted octanol–water partition coefficient (Wildman–Crippen LogP) is 3.29. The molecule has 0 saturated heterocycles. The Kier molecular flexibility index (Phi) is 9.23. The van der Waals surface area contributed by atoms with Gasteiger partial charge in [-0.2, -0.15) is 24.4 Å². The van der Waals surface area contributed by atoms with E-state index in [1.807, 2.05) is 54.6 Å². The van der Waals surface area contributed by atoms with E-state index in [0.29, 0.717) is 17.9 Å². The largest absolute Gasteiger partial charge is 0.497 e. The number of benzene rings is 2. The molecule has 7 heteroatoms. The van der Waals surface area contributed by atoms with Crippen molar-refractivity contribution in [3.05, 3.63) is 65.7 Å². The van der Waals surface area contributed by atoms with Crippen molar-refractivity contribution < 1.29 is 19.4 Å². The Labute approximate surface area is 175 Å². The molecule has 0 aliphatic carbocycles. The zero-order chi connectivity index (χ0) is 20.4. The van der Waals surface area contributed by atoms with Gasteiger partial charge < -0.3 is 15.2 Å². The Morgan fingerprint density at radius 1 is 1.11 bits per heavy atom. The van der Waals surface area contributed by atoms with E-state index in [9.17, 15) is 14.7 Å². The van der Waals surface area contributed by atoms with Crippen LogP contribution in [0.2, 0.25) is 0 Å². The molecule has 2 aromatic rings. The van der Waals surface area contributed by atoms with Crippen molar-refractivity contribution in [3.8, 4) is 5.75 Å². The Morgan fingerprint density at radius 2 is 1.79 bits per heavy atom. The molecule has 2 atom stereocenters. The SMILES string of the molecule is COc1ccc(CSC[C@H](NC(=O)C(CS)Cc2ccccc2)C(=O)O)cc1. The molecule has 0 radical (unpaired) electrons. The second-order valence-corrected chi connectivity index (χ2v) is 7.73. The summed E-state index contributed by atoms with van der Waals surface area (Å²) in [4.78, 5) is 24.1. The van der Waals surface area contributed by atoms with E-state index in [1.54, 1.807) is 7.11 Å². The van der Waals surface area contributed by atoms with Crippen molar-refractivity contribution in [1.82, 2.24) is 5.32 Å². The van der Waals surface area contributed by atoms with Crippen LogP contribution in [0.15, 0.2) is 54.6 Å². The van der Waals surface area contributed by atoms with E-state index in [1.165, 1.54) is 11.8 Å². The fraction of sp³-hybridized carbons (Fsp3) is 0.333. The monoisotopic (exact) mass is 419 g/mol. The summed E-state index contributed by atoms with van der Waals surface area (Å²) >= 11 is 5.74. The van der Waals surface area contributed by atoms with Crippen LogP contribution in [-0.4, -0.2) is 41.6 Å². The molecule has 1 amide bonds. The molecule has 0 aromatic heterocycles. The van der Waals surface area contributed by atoms with Crippen LogP contribution in [0.5, 0.6) is 5.75 Å². The Hall–Kier alpha value is -2.12. The van der Waals surface area contributed by atoms with Gasteiger partial charge in [-0.1, -0.05) is 42.5 Å². The van der Waals surface area contributed by atoms with E-state index in [0.717, 1.165) is 16.9 Å². The summed E-state index contributed by atoms with van der Waals surface area (Å²) in [6.45, 7) is 0. The standard InChI is InChI=1S/C21H25NO4S2/c1-26-18-9-7-16(8-10-18)13-28-14-19(21(24)25)22-20(23)17(12-27)11-15-5-3-2-4-6-15/h2-10,17,19,27H,11-14H2,1H3,(H,22,23)(H,24,25)/t17?,19-/m0/s1. The summed E-state index contributed by atoms with van der Waals surface area (Å²) in [5.41, 5.74) is 2.09. The first-order valence-electron chi connectivity index (χ1n) is 8.92. The van der Waals surface area contributed by atoms with Crippen molar-refractivity contribution in [2.45, 2.75) is 18.2 Å². The van der Waals surface area contributed by atoms with Crippen molar-refractivity contribution in [2.24, 2.45) is 5.92 Å². The van der Waals surface area contributed by atoms with Crippen LogP contribution in [0.3, 0.4) is 0 Å². The average molecular weight is 420 g/mol. The molecular weight excluding hydrogens is 394 g/mol. The molecule has 0 saturated carbocycles. The highest BCUT2D eigenvalue weighted by atomic mass is 32.2. The van der Waals surface area contributed by atoms with Crippen LogP contribution in [0.1, 0.15) is 11.1 Å². The van der Waals surface area contributed by atoms with Gasteiger partial charge in [0.2, 0.25) is 5.91 Å². The number of carboxylic acids is 1. The van der Waals surface area contributed by atoms with Gasteiger partial charge >= 0.3 is 5.97 Å². The van der Waals surface area contributed by atoms with Crippen molar-refractivity contribution in [1.29, 1.82) is 0 Å². The van der Waals surface area contributed by atoms with Crippen LogP contribution < -0.4 is 10.1 Å². The molecule has 0 heterocycles. The third-order valence-electron chi connectivity index (χ3n) is 4.24. The Balaban J connectivity index is 1.87. The number of carbonyl (C=O) groups is 2. The van der Waals surface area contributed by atoms with Crippen LogP contribution in [0, 0.1) is 5.92 Å². The molecule has 0 aliphatic rings. The van der Waals surface area contributed by atoms with Crippen molar-refractivity contribution in [2.75, 3.05) is 18.6 Å². The van der Waals surface area contributed by atoms with Gasteiger partial charge in [-0.25, -0.2) is 4.79 Å². The number of hydrogen-bond acceptors (Lipinski definition) is 5. The quantitative estimate of drug-likeness (QED) is 0.488. The summed E-state index contributed by atoms with van der Waals surface area (Å²) < 4.78 is 5.12. The third kappa shape index (κ3) is 7.13. The second kappa shape index (κ2) is 11.7. The fourth-order valence-corrected chi connectivity index (χ4v) is 3.92. The third-order valence-corrected chi connectivity index (χ3v) is 5.79.